The van der Waals surface area contributed by atoms with Gasteiger partial charge in [0, 0.05) is 31.7 Å². The van der Waals surface area contributed by atoms with Gasteiger partial charge >= 0.3 is 12.6 Å². The summed E-state index contributed by atoms with van der Waals surface area (Å²) in [5.41, 5.74) is 3.90. The van der Waals surface area contributed by atoms with E-state index in [1.54, 1.807) is 36.4 Å². The van der Waals surface area contributed by atoms with E-state index < -0.39 is 12.6 Å². The van der Waals surface area contributed by atoms with Gasteiger partial charge in [0.05, 0.1) is 11.3 Å². The number of alkyl halides is 2. The Hall–Kier alpha value is -3.75. The number of benzene rings is 3. The van der Waals surface area contributed by atoms with E-state index in [4.69, 9.17) is 16.6 Å². The maximum Gasteiger partial charge on any atom is 0.387 e. The third-order valence-electron chi connectivity index (χ3n) is 6.33. The van der Waals surface area contributed by atoms with Crippen molar-refractivity contribution in [3.63, 3.8) is 0 Å². The summed E-state index contributed by atoms with van der Waals surface area (Å²) in [6.07, 6.45) is 1.97. The van der Waals surface area contributed by atoms with Gasteiger partial charge < -0.3 is 14.4 Å². The van der Waals surface area contributed by atoms with Gasteiger partial charge in [-0.1, -0.05) is 79.5 Å². The molecule has 0 unspecified atom stereocenters. The van der Waals surface area contributed by atoms with E-state index in [-0.39, 0.29) is 11.3 Å². The molecule has 0 bridgehead atoms. The van der Waals surface area contributed by atoms with Crippen LogP contribution in [0.2, 0.25) is 5.15 Å². The predicted molar refractivity (Wildman–Crippen MR) is 147 cm³/mol. The zero-order valence-electron chi connectivity index (χ0n) is 21.6. The van der Waals surface area contributed by atoms with Crippen LogP contribution in [0.3, 0.4) is 0 Å². The molecule has 0 aliphatic carbocycles. The normalized spacial score (nSPS) is 11.3. The second-order valence-electron chi connectivity index (χ2n) is 9.21. The van der Waals surface area contributed by atoms with Crippen molar-refractivity contribution >= 4 is 17.6 Å². The lowest BCUT2D eigenvalue weighted by Gasteiger charge is -2.24. The lowest BCUT2D eigenvalue weighted by Crippen LogP contribution is -2.24. The molecule has 39 heavy (non-hydrogen) atoms. The van der Waals surface area contributed by atoms with Crippen LogP contribution >= 0.6 is 11.6 Å². The zero-order valence-corrected chi connectivity index (χ0v) is 22.3. The van der Waals surface area contributed by atoms with Crippen LogP contribution in [-0.2, 0) is 26.2 Å². The standard InChI is InChI=1S/C30H30ClF2N3O3/c1-2-3-17-36-26(27(31)34-28(36)23-7-5-4-6-8-23)20-35(18-21-9-13-24(14-10-21)29(37)38)19-22-11-15-25(16-12-22)39-30(32)33/h4-16,30H,2-3,17-20H2,1H3,(H,37,38). The molecule has 0 fully saturated rings. The molecule has 1 N–H and O–H groups in total. The lowest BCUT2D eigenvalue weighted by molar-refractivity contribution is -0.0498. The molecule has 0 radical (unpaired) electrons. The van der Waals surface area contributed by atoms with Crippen LogP contribution in [0, 0.1) is 0 Å². The Balaban J connectivity index is 1.66. The number of unbranched alkanes of at least 4 members (excludes halogenated alkanes) is 1. The first-order chi connectivity index (χ1) is 18.8. The third-order valence-corrected chi connectivity index (χ3v) is 6.63. The van der Waals surface area contributed by atoms with Crippen LogP contribution < -0.4 is 4.74 Å². The van der Waals surface area contributed by atoms with E-state index in [9.17, 15) is 18.7 Å². The molecular weight excluding hydrogens is 524 g/mol. The van der Waals surface area contributed by atoms with Crippen LogP contribution in [0.15, 0.2) is 78.9 Å². The fourth-order valence-corrected chi connectivity index (χ4v) is 4.64. The minimum Gasteiger partial charge on any atom is -0.478 e. The molecule has 0 atom stereocenters. The lowest BCUT2D eigenvalue weighted by atomic mass is 10.1. The van der Waals surface area contributed by atoms with Gasteiger partial charge in [0.2, 0.25) is 0 Å². The molecule has 204 valence electrons. The van der Waals surface area contributed by atoms with Crippen molar-refractivity contribution in [3.8, 4) is 17.1 Å². The number of hydrogen-bond donors (Lipinski definition) is 1. The Labute approximate surface area is 231 Å². The van der Waals surface area contributed by atoms with Crippen molar-refractivity contribution in [1.29, 1.82) is 0 Å². The molecule has 4 rings (SSSR count). The molecule has 1 aromatic heterocycles. The van der Waals surface area contributed by atoms with Crippen molar-refractivity contribution in [3.05, 3.63) is 106 Å². The maximum atomic E-state index is 12.6. The van der Waals surface area contributed by atoms with Gasteiger partial charge in [0.15, 0.2) is 5.15 Å². The highest BCUT2D eigenvalue weighted by atomic mass is 35.5. The Bertz CT molecular complexity index is 1360. The fourth-order valence-electron chi connectivity index (χ4n) is 4.40. The number of hydrogen-bond acceptors (Lipinski definition) is 4. The van der Waals surface area contributed by atoms with Crippen molar-refractivity contribution in [2.24, 2.45) is 0 Å². The number of carboxylic acids is 1. The summed E-state index contributed by atoms with van der Waals surface area (Å²) in [6.45, 7) is 1.48. The summed E-state index contributed by atoms with van der Waals surface area (Å²) in [6, 6.07) is 23.2. The highest BCUT2D eigenvalue weighted by Gasteiger charge is 2.20. The number of aromatic nitrogens is 2. The number of aromatic carboxylic acids is 1. The van der Waals surface area contributed by atoms with E-state index in [2.05, 4.69) is 21.1 Å². The van der Waals surface area contributed by atoms with Crippen LogP contribution in [0.1, 0.15) is 46.9 Å². The predicted octanol–water partition coefficient (Wildman–Crippen LogP) is 7.51. The first-order valence-electron chi connectivity index (χ1n) is 12.7. The van der Waals surface area contributed by atoms with Gasteiger partial charge in [-0.3, -0.25) is 4.90 Å². The minimum atomic E-state index is -2.88. The van der Waals surface area contributed by atoms with Gasteiger partial charge in [-0.05, 0) is 41.8 Å². The van der Waals surface area contributed by atoms with Gasteiger partial charge in [-0.15, -0.1) is 0 Å². The number of imidazole rings is 1. The smallest absolute Gasteiger partial charge is 0.387 e. The Kier molecular flexibility index (Phi) is 9.68. The van der Waals surface area contributed by atoms with Crippen LogP contribution in [0.5, 0.6) is 5.75 Å². The summed E-state index contributed by atoms with van der Waals surface area (Å²) < 4.78 is 31.8. The van der Waals surface area contributed by atoms with Crippen molar-refractivity contribution in [1.82, 2.24) is 14.5 Å². The average Bonchev–Trinajstić information content (AvgIpc) is 3.23. The number of ether oxygens (including phenoxy) is 1. The summed E-state index contributed by atoms with van der Waals surface area (Å²) in [5.74, 6) is -0.0781. The second kappa shape index (κ2) is 13.4. The Morgan fingerprint density at radius 2 is 1.59 bits per heavy atom. The molecule has 9 heteroatoms. The van der Waals surface area contributed by atoms with Gasteiger partial charge in [-0.2, -0.15) is 8.78 Å². The third kappa shape index (κ3) is 7.65. The van der Waals surface area contributed by atoms with Crippen molar-refractivity contribution < 1.29 is 23.4 Å². The van der Waals surface area contributed by atoms with Gasteiger partial charge in [0.1, 0.15) is 11.6 Å². The van der Waals surface area contributed by atoms with Crippen LogP contribution in [-0.4, -0.2) is 32.1 Å². The van der Waals surface area contributed by atoms with E-state index in [1.807, 2.05) is 30.3 Å². The summed E-state index contributed by atoms with van der Waals surface area (Å²) in [4.78, 5) is 18.2. The summed E-state index contributed by atoms with van der Waals surface area (Å²) in [7, 11) is 0. The van der Waals surface area contributed by atoms with Crippen LogP contribution in [0.25, 0.3) is 11.4 Å². The van der Waals surface area contributed by atoms with Gasteiger partial charge in [-0.25, -0.2) is 9.78 Å². The number of carbonyl (C=O) groups is 1. The molecule has 3 aromatic carbocycles. The van der Waals surface area contributed by atoms with E-state index in [0.717, 1.165) is 47.6 Å². The van der Waals surface area contributed by atoms with E-state index >= 15 is 0 Å². The highest BCUT2D eigenvalue weighted by Crippen LogP contribution is 2.28. The first kappa shape index (κ1) is 28.3. The molecule has 0 aliphatic rings. The molecule has 1 heterocycles. The van der Waals surface area contributed by atoms with Gasteiger partial charge in [0.25, 0.3) is 0 Å². The molecular formula is C30H30ClF2N3O3. The topological polar surface area (TPSA) is 67.6 Å². The number of halogens is 3. The number of rotatable bonds is 13. The summed E-state index contributed by atoms with van der Waals surface area (Å²) >= 11 is 6.74. The van der Waals surface area contributed by atoms with E-state index in [1.165, 1.54) is 12.1 Å². The maximum absolute atomic E-state index is 12.6. The molecule has 0 spiro atoms. The molecule has 4 aromatic rings. The second-order valence-corrected chi connectivity index (χ2v) is 9.57. The Morgan fingerprint density at radius 1 is 0.974 bits per heavy atom. The number of carboxylic acid groups (broad SMARTS) is 1. The monoisotopic (exact) mass is 553 g/mol. The Morgan fingerprint density at radius 3 is 2.15 bits per heavy atom. The molecule has 0 saturated heterocycles. The summed E-state index contributed by atoms with van der Waals surface area (Å²) in [5, 5.41) is 9.69. The molecule has 0 saturated carbocycles. The first-order valence-corrected chi connectivity index (χ1v) is 13.1. The highest BCUT2D eigenvalue weighted by molar-refractivity contribution is 6.30. The zero-order chi connectivity index (χ0) is 27.8. The quantitative estimate of drug-likeness (QED) is 0.186. The number of nitrogens with zero attached hydrogens (tertiary/aromatic N) is 3. The van der Waals surface area contributed by atoms with Crippen molar-refractivity contribution in [2.75, 3.05) is 0 Å². The van der Waals surface area contributed by atoms with Crippen LogP contribution in [0.4, 0.5) is 8.78 Å². The van der Waals surface area contributed by atoms with Crippen molar-refractivity contribution in [2.45, 2.75) is 52.6 Å². The fraction of sp³-hybridized carbons (Fsp3) is 0.267. The SMILES string of the molecule is CCCCn1c(-c2ccccc2)nc(Cl)c1CN(Cc1ccc(OC(F)F)cc1)Cc1ccc(C(=O)O)cc1. The average molecular weight is 554 g/mol. The molecule has 0 amide bonds. The largest absolute Gasteiger partial charge is 0.478 e. The molecule has 0 aliphatic heterocycles. The van der Waals surface area contributed by atoms with E-state index in [0.29, 0.717) is 24.8 Å². The minimum absolute atomic E-state index is 0.0951. The molecule has 6 nitrogen and oxygen atoms in total.